The molecule has 1 aromatic carbocycles. The normalized spacial score (nSPS) is 12.4. The fraction of sp³-hybridized carbons (Fsp3) is 0.562. The van der Waals surface area contributed by atoms with Crippen molar-refractivity contribution in [1.29, 1.82) is 0 Å². The maximum absolute atomic E-state index is 12.5. The van der Waals surface area contributed by atoms with Gasteiger partial charge in [-0.25, -0.2) is 0 Å². The topological polar surface area (TPSA) is 49.6 Å². The molecule has 0 aliphatic rings. The predicted molar refractivity (Wildman–Crippen MR) is 83.2 cm³/mol. The van der Waals surface area contributed by atoms with E-state index < -0.39 is 0 Å². The highest BCUT2D eigenvalue weighted by molar-refractivity contribution is 5.78. The molecule has 0 saturated carbocycles. The van der Waals surface area contributed by atoms with Gasteiger partial charge in [0.2, 0.25) is 5.91 Å². The zero-order chi connectivity index (χ0) is 15.0. The van der Waals surface area contributed by atoms with Crippen LogP contribution in [0.5, 0.6) is 0 Å². The van der Waals surface area contributed by atoms with Crippen molar-refractivity contribution >= 4 is 5.91 Å². The van der Waals surface area contributed by atoms with Crippen molar-refractivity contribution in [2.75, 3.05) is 33.7 Å². The van der Waals surface area contributed by atoms with E-state index in [-0.39, 0.29) is 11.8 Å². The number of likely N-dealkylation sites (N-methyl/N-ethyl adjacent to an activating group) is 1. The van der Waals surface area contributed by atoms with Crippen molar-refractivity contribution in [3.05, 3.63) is 35.9 Å². The molecule has 0 spiro atoms. The van der Waals surface area contributed by atoms with E-state index in [1.165, 1.54) is 5.56 Å². The molecule has 4 heteroatoms. The highest BCUT2D eigenvalue weighted by Crippen LogP contribution is 2.11. The number of nitrogens with zero attached hydrogens (tertiary/aromatic N) is 2. The number of hydrogen-bond acceptors (Lipinski definition) is 3. The first kappa shape index (κ1) is 16.7. The zero-order valence-electron chi connectivity index (χ0n) is 12.9. The molecule has 0 saturated heterocycles. The van der Waals surface area contributed by atoms with Crippen molar-refractivity contribution < 1.29 is 4.79 Å². The average Bonchev–Trinajstić information content (AvgIpc) is 2.44. The van der Waals surface area contributed by atoms with E-state index in [0.717, 1.165) is 19.5 Å². The summed E-state index contributed by atoms with van der Waals surface area (Å²) in [5.74, 6) is 0.187. The summed E-state index contributed by atoms with van der Waals surface area (Å²) in [6, 6.07) is 10.1. The molecule has 4 nitrogen and oxygen atoms in total. The summed E-state index contributed by atoms with van der Waals surface area (Å²) in [4.78, 5) is 16.5. The summed E-state index contributed by atoms with van der Waals surface area (Å²) in [6.45, 7) is 4.80. The lowest BCUT2D eigenvalue weighted by molar-refractivity contribution is -0.136. The van der Waals surface area contributed by atoms with E-state index in [0.29, 0.717) is 13.1 Å². The van der Waals surface area contributed by atoms with E-state index >= 15 is 0 Å². The average molecular weight is 277 g/mol. The number of carbonyl (C=O) groups excluding carboxylic acids is 1. The number of hydrogen-bond donors (Lipinski definition) is 1. The fourth-order valence-corrected chi connectivity index (χ4v) is 2.08. The Labute approximate surface area is 122 Å². The molecule has 1 amide bonds. The smallest absolute Gasteiger partial charge is 0.225 e. The molecule has 112 valence electrons. The molecule has 20 heavy (non-hydrogen) atoms. The molecule has 0 radical (unpaired) electrons. The second kappa shape index (κ2) is 8.72. The number of benzene rings is 1. The summed E-state index contributed by atoms with van der Waals surface area (Å²) in [5, 5.41) is 0. The minimum Gasteiger partial charge on any atom is -0.337 e. The Balaban J connectivity index is 2.71. The van der Waals surface area contributed by atoms with Crippen molar-refractivity contribution in [3.63, 3.8) is 0 Å². The Bertz CT molecular complexity index is 392. The van der Waals surface area contributed by atoms with Crippen molar-refractivity contribution in [2.24, 2.45) is 11.7 Å². The van der Waals surface area contributed by atoms with Gasteiger partial charge >= 0.3 is 0 Å². The number of nitrogens with two attached hydrogens (primary N) is 1. The Morgan fingerprint density at radius 1 is 1.20 bits per heavy atom. The van der Waals surface area contributed by atoms with E-state index in [1.807, 2.05) is 44.1 Å². The van der Waals surface area contributed by atoms with Gasteiger partial charge < -0.3 is 15.5 Å². The van der Waals surface area contributed by atoms with Crippen LogP contribution in [0, 0.1) is 5.92 Å². The Morgan fingerprint density at radius 3 is 2.40 bits per heavy atom. The minimum atomic E-state index is -0.00845. The maximum atomic E-state index is 12.5. The van der Waals surface area contributed by atoms with E-state index in [4.69, 9.17) is 5.73 Å². The molecule has 1 unspecified atom stereocenters. The number of rotatable bonds is 8. The first-order valence-electron chi connectivity index (χ1n) is 7.22. The van der Waals surface area contributed by atoms with Crippen molar-refractivity contribution in [1.82, 2.24) is 9.80 Å². The number of carbonyl (C=O) groups is 1. The lowest BCUT2D eigenvalue weighted by Gasteiger charge is -2.27. The van der Waals surface area contributed by atoms with Gasteiger partial charge in [-0.15, -0.1) is 0 Å². The second-order valence-electron chi connectivity index (χ2n) is 5.53. The molecule has 1 atom stereocenters. The second-order valence-corrected chi connectivity index (χ2v) is 5.53. The lowest BCUT2D eigenvalue weighted by atomic mass is 10.1. The van der Waals surface area contributed by atoms with E-state index in [9.17, 15) is 4.79 Å². The molecule has 1 rings (SSSR count). The quantitative estimate of drug-likeness (QED) is 0.784. The van der Waals surface area contributed by atoms with Crippen molar-refractivity contribution in [2.45, 2.75) is 19.9 Å². The molecule has 0 aliphatic heterocycles. The van der Waals surface area contributed by atoms with Crippen LogP contribution in [0.25, 0.3) is 0 Å². The highest BCUT2D eigenvalue weighted by Gasteiger charge is 2.20. The molecule has 0 aliphatic carbocycles. The van der Waals surface area contributed by atoms with Gasteiger partial charge in [-0.05, 0) is 32.6 Å². The van der Waals surface area contributed by atoms with Crippen LogP contribution < -0.4 is 5.73 Å². The molecule has 0 aromatic heterocycles. The molecule has 0 bridgehead atoms. The summed E-state index contributed by atoms with van der Waals surface area (Å²) in [6.07, 6.45) is 0.742. The minimum absolute atomic E-state index is 0.00845. The van der Waals surface area contributed by atoms with Gasteiger partial charge in [0.15, 0.2) is 0 Å². The van der Waals surface area contributed by atoms with Crippen LogP contribution in [-0.2, 0) is 11.3 Å². The lowest BCUT2D eigenvalue weighted by Crippen LogP contribution is -2.39. The molecular formula is C16H27N3O. The molecule has 1 aromatic rings. The van der Waals surface area contributed by atoms with Crippen LogP contribution in [0.15, 0.2) is 30.3 Å². The van der Waals surface area contributed by atoms with E-state index in [1.54, 1.807) is 0 Å². The van der Waals surface area contributed by atoms with Crippen LogP contribution >= 0.6 is 0 Å². The summed E-state index contributed by atoms with van der Waals surface area (Å²) in [7, 11) is 4.04. The van der Waals surface area contributed by atoms with Gasteiger partial charge in [-0.3, -0.25) is 4.79 Å². The summed E-state index contributed by atoms with van der Waals surface area (Å²) >= 11 is 0. The van der Waals surface area contributed by atoms with Crippen molar-refractivity contribution in [3.8, 4) is 0 Å². The van der Waals surface area contributed by atoms with Crippen LogP contribution in [0.1, 0.15) is 18.9 Å². The maximum Gasteiger partial charge on any atom is 0.225 e. The third-order valence-corrected chi connectivity index (χ3v) is 3.37. The fourth-order valence-electron chi connectivity index (χ4n) is 2.08. The van der Waals surface area contributed by atoms with Gasteiger partial charge in [0.05, 0.1) is 0 Å². The van der Waals surface area contributed by atoms with Gasteiger partial charge in [0, 0.05) is 25.6 Å². The first-order valence-corrected chi connectivity index (χ1v) is 7.22. The van der Waals surface area contributed by atoms with E-state index in [2.05, 4.69) is 17.0 Å². The SMILES string of the molecule is CC(CCN)C(=O)N(CCN(C)C)Cc1ccccc1. The summed E-state index contributed by atoms with van der Waals surface area (Å²) in [5.41, 5.74) is 6.73. The Hall–Kier alpha value is -1.39. The monoisotopic (exact) mass is 277 g/mol. The molecule has 2 N–H and O–H groups in total. The van der Waals surface area contributed by atoms with Crippen LogP contribution in [0.4, 0.5) is 0 Å². The Kier molecular flexibility index (Phi) is 7.26. The molecule has 0 heterocycles. The van der Waals surface area contributed by atoms with Gasteiger partial charge in [0.25, 0.3) is 0 Å². The predicted octanol–water partition coefficient (Wildman–Crippen LogP) is 1.56. The molecule has 0 fully saturated rings. The zero-order valence-corrected chi connectivity index (χ0v) is 12.9. The van der Waals surface area contributed by atoms with Crippen LogP contribution in [-0.4, -0.2) is 49.4 Å². The summed E-state index contributed by atoms with van der Waals surface area (Å²) < 4.78 is 0. The van der Waals surface area contributed by atoms with Gasteiger partial charge in [0.1, 0.15) is 0 Å². The van der Waals surface area contributed by atoms with Gasteiger partial charge in [-0.1, -0.05) is 37.3 Å². The largest absolute Gasteiger partial charge is 0.337 e. The number of amides is 1. The van der Waals surface area contributed by atoms with Crippen LogP contribution in [0.2, 0.25) is 0 Å². The highest BCUT2D eigenvalue weighted by atomic mass is 16.2. The standard InChI is InChI=1S/C16H27N3O/c1-14(9-10-17)16(20)19(12-11-18(2)3)13-15-7-5-4-6-8-15/h4-8,14H,9-13,17H2,1-3H3. The van der Waals surface area contributed by atoms with Crippen LogP contribution in [0.3, 0.4) is 0 Å². The molecular weight excluding hydrogens is 250 g/mol. The third kappa shape index (κ3) is 5.72. The Morgan fingerprint density at radius 2 is 1.85 bits per heavy atom. The third-order valence-electron chi connectivity index (χ3n) is 3.37. The van der Waals surface area contributed by atoms with Gasteiger partial charge in [-0.2, -0.15) is 0 Å². The first-order chi connectivity index (χ1) is 9.54.